The van der Waals surface area contributed by atoms with Crippen LogP contribution in [0.2, 0.25) is 10.0 Å². The van der Waals surface area contributed by atoms with E-state index in [1.165, 1.54) is 12.1 Å². The minimum atomic E-state index is -0.501. The second-order valence-corrected chi connectivity index (χ2v) is 6.55. The molecule has 0 aliphatic heterocycles. The standard InChI is InChI=1S/C16H12Cl2FN7OS/c17-10-5-3-4-9(14(10)18)15-22-25-26(24-15)8-13(27)21-23-16(28)20-12-7-2-1-6-11(12)19/h1-7H,8H2,(H,21,27)(H2,20,23,28). The molecule has 3 aromatic rings. The highest BCUT2D eigenvalue weighted by molar-refractivity contribution is 7.80. The van der Waals surface area contributed by atoms with Crippen molar-refractivity contribution in [1.82, 2.24) is 31.1 Å². The summed E-state index contributed by atoms with van der Waals surface area (Å²) >= 11 is 17.1. The van der Waals surface area contributed by atoms with E-state index in [0.717, 1.165) is 4.80 Å². The maximum Gasteiger partial charge on any atom is 0.262 e. The molecule has 0 aliphatic rings. The zero-order valence-electron chi connectivity index (χ0n) is 14.0. The molecule has 0 saturated heterocycles. The Hall–Kier alpha value is -2.82. The number of tetrazole rings is 1. The number of rotatable bonds is 4. The van der Waals surface area contributed by atoms with E-state index in [4.69, 9.17) is 35.4 Å². The normalized spacial score (nSPS) is 10.4. The summed E-state index contributed by atoms with van der Waals surface area (Å²) in [6.45, 7) is -0.236. The van der Waals surface area contributed by atoms with Gasteiger partial charge in [-0.3, -0.25) is 15.6 Å². The largest absolute Gasteiger partial charge is 0.329 e. The summed E-state index contributed by atoms with van der Waals surface area (Å²) in [6, 6.07) is 11.0. The number of carbonyl (C=O) groups is 1. The van der Waals surface area contributed by atoms with Crippen LogP contribution < -0.4 is 16.2 Å². The van der Waals surface area contributed by atoms with E-state index in [-0.39, 0.29) is 23.2 Å². The molecule has 0 fully saturated rings. The third kappa shape index (κ3) is 4.91. The molecule has 0 saturated carbocycles. The summed E-state index contributed by atoms with van der Waals surface area (Å²) in [5, 5.41) is 15.0. The van der Waals surface area contributed by atoms with Crippen LogP contribution in [0.25, 0.3) is 11.4 Å². The lowest BCUT2D eigenvalue weighted by Gasteiger charge is -2.11. The molecular weight excluding hydrogens is 428 g/mol. The average Bonchev–Trinajstić information content (AvgIpc) is 3.12. The Balaban J connectivity index is 1.54. The number of hydrogen-bond acceptors (Lipinski definition) is 5. The van der Waals surface area contributed by atoms with Crippen molar-refractivity contribution >= 4 is 52.1 Å². The van der Waals surface area contributed by atoms with Crippen LogP contribution in [-0.4, -0.2) is 31.2 Å². The quantitative estimate of drug-likeness (QED) is 0.424. The van der Waals surface area contributed by atoms with Crippen molar-refractivity contribution in [2.75, 3.05) is 5.32 Å². The molecule has 0 unspecified atom stereocenters. The summed E-state index contributed by atoms with van der Waals surface area (Å²) < 4.78 is 13.6. The highest BCUT2D eigenvalue weighted by Crippen LogP contribution is 2.31. The van der Waals surface area contributed by atoms with Crippen LogP contribution in [0.5, 0.6) is 0 Å². The number of thiocarbonyl (C=S) groups is 1. The zero-order valence-corrected chi connectivity index (χ0v) is 16.3. The van der Waals surface area contributed by atoms with Crippen LogP contribution >= 0.6 is 35.4 Å². The van der Waals surface area contributed by atoms with Gasteiger partial charge in [0.2, 0.25) is 5.82 Å². The molecule has 8 nitrogen and oxygen atoms in total. The maximum atomic E-state index is 13.6. The van der Waals surface area contributed by atoms with Crippen LogP contribution in [-0.2, 0) is 11.3 Å². The van der Waals surface area contributed by atoms with Gasteiger partial charge in [0.15, 0.2) is 5.11 Å². The van der Waals surface area contributed by atoms with E-state index >= 15 is 0 Å². The van der Waals surface area contributed by atoms with Crippen LogP contribution in [0.3, 0.4) is 0 Å². The number of para-hydroxylation sites is 1. The topological polar surface area (TPSA) is 96.8 Å². The van der Waals surface area contributed by atoms with E-state index < -0.39 is 11.7 Å². The molecule has 1 aromatic heterocycles. The van der Waals surface area contributed by atoms with E-state index in [1.54, 1.807) is 30.3 Å². The number of nitrogens with zero attached hydrogens (tertiary/aromatic N) is 4. The highest BCUT2D eigenvalue weighted by atomic mass is 35.5. The fourth-order valence-corrected chi connectivity index (χ4v) is 2.65. The first-order valence-corrected chi connectivity index (χ1v) is 8.93. The number of benzene rings is 2. The molecule has 3 N–H and O–H groups in total. The first kappa shape index (κ1) is 19.9. The van der Waals surface area contributed by atoms with E-state index in [0.29, 0.717) is 15.6 Å². The van der Waals surface area contributed by atoms with Crippen LogP contribution in [0.1, 0.15) is 0 Å². The molecule has 144 valence electrons. The summed E-state index contributed by atoms with van der Waals surface area (Å²) in [6.07, 6.45) is 0. The van der Waals surface area contributed by atoms with Gasteiger partial charge in [0.05, 0.1) is 15.7 Å². The Kier molecular flexibility index (Phi) is 6.34. The second-order valence-electron chi connectivity index (χ2n) is 5.35. The monoisotopic (exact) mass is 439 g/mol. The Labute approximate surface area is 174 Å². The lowest BCUT2D eigenvalue weighted by atomic mass is 10.2. The third-order valence-electron chi connectivity index (χ3n) is 3.37. The second kappa shape index (κ2) is 8.91. The van der Waals surface area contributed by atoms with Gasteiger partial charge in [0.25, 0.3) is 5.91 Å². The van der Waals surface area contributed by atoms with Crippen molar-refractivity contribution in [3.63, 3.8) is 0 Å². The SMILES string of the molecule is O=C(Cn1nnc(-c2cccc(Cl)c2Cl)n1)NNC(=S)Nc1ccccc1F. The number of halogens is 3. The summed E-state index contributed by atoms with van der Waals surface area (Å²) in [5.74, 6) is -0.749. The van der Waals surface area contributed by atoms with Gasteiger partial charge in [-0.1, -0.05) is 41.4 Å². The lowest BCUT2D eigenvalue weighted by molar-refractivity contribution is -0.122. The molecule has 12 heteroatoms. The minimum absolute atomic E-state index is 0.0106. The molecule has 0 spiro atoms. The first-order valence-electron chi connectivity index (χ1n) is 7.76. The van der Waals surface area contributed by atoms with Gasteiger partial charge in [0.1, 0.15) is 12.4 Å². The molecule has 2 aromatic carbocycles. The van der Waals surface area contributed by atoms with Crippen LogP contribution in [0.15, 0.2) is 42.5 Å². The summed E-state index contributed by atoms with van der Waals surface area (Å²) in [4.78, 5) is 13.1. The number of nitrogens with one attached hydrogen (secondary N) is 3. The van der Waals surface area contributed by atoms with Gasteiger partial charge >= 0.3 is 0 Å². The van der Waals surface area contributed by atoms with Gasteiger partial charge in [-0.15, -0.1) is 10.2 Å². The summed E-state index contributed by atoms with van der Waals surface area (Å²) in [7, 11) is 0. The van der Waals surface area contributed by atoms with Gasteiger partial charge in [-0.2, -0.15) is 4.80 Å². The molecule has 3 rings (SSSR count). The van der Waals surface area contributed by atoms with Gasteiger partial charge < -0.3 is 5.32 Å². The molecule has 1 heterocycles. The van der Waals surface area contributed by atoms with Crippen molar-refractivity contribution in [2.45, 2.75) is 6.54 Å². The Bertz CT molecular complexity index is 1030. The Morgan fingerprint density at radius 2 is 1.93 bits per heavy atom. The van der Waals surface area contributed by atoms with E-state index in [2.05, 4.69) is 31.6 Å². The number of anilines is 1. The summed E-state index contributed by atoms with van der Waals surface area (Å²) in [5.41, 5.74) is 5.48. The van der Waals surface area contributed by atoms with Crippen molar-refractivity contribution < 1.29 is 9.18 Å². The predicted molar refractivity (Wildman–Crippen MR) is 107 cm³/mol. The number of amides is 1. The number of hydrazine groups is 1. The fourth-order valence-electron chi connectivity index (χ4n) is 2.11. The van der Waals surface area contributed by atoms with Crippen LogP contribution in [0.4, 0.5) is 10.1 Å². The fraction of sp³-hybridized carbons (Fsp3) is 0.0625. The van der Waals surface area contributed by atoms with Gasteiger partial charge in [0, 0.05) is 5.56 Å². The Morgan fingerprint density at radius 3 is 2.71 bits per heavy atom. The third-order valence-corrected chi connectivity index (χ3v) is 4.39. The van der Waals surface area contributed by atoms with Gasteiger partial charge in [-0.05, 0) is 41.7 Å². The lowest BCUT2D eigenvalue weighted by Crippen LogP contribution is -2.45. The molecule has 28 heavy (non-hydrogen) atoms. The van der Waals surface area contributed by atoms with Crippen molar-refractivity contribution in [3.05, 3.63) is 58.3 Å². The van der Waals surface area contributed by atoms with Crippen LogP contribution in [0, 0.1) is 5.82 Å². The molecule has 0 radical (unpaired) electrons. The molecule has 0 aliphatic carbocycles. The number of aromatic nitrogens is 4. The minimum Gasteiger partial charge on any atom is -0.329 e. The number of hydrogen-bond donors (Lipinski definition) is 3. The number of carbonyl (C=O) groups excluding carboxylic acids is 1. The van der Waals surface area contributed by atoms with E-state index in [9.17, 15) is 9.18 Å². The Morgan fingerprint density at radius 1 is 1.14 bits per heavy atom. The molecule has 1 amide bonds. The van der Waals surface area contributed by atoms with Gasteiger partial charge in [-0.25, -0.2) is 4.39 Å². The highest BCUT2D eigenvalue weighted by Gasteiger charge is 2.14. The van der Waals surface area contributed by atoms with Crippen molar-refractivity contribution in [1.29, 1.82) is 0 Å². The molecular formula is C16H12Cl2FN7OS. The zero-order chi connectivity index (χ0) is 20.1. The maximum absolute atomic E-state index is 13.6. The molecule has 0 atom stereocenters. The predicted octanol–water partition coefficient (Wildman–Crippen LogP) is 2.80. The van der Waals surface area contributed by atoms with Crippen molar-refractivity contribution in [3.8, 4) is 11.4 Å². The molecule has 0 bridgehead atoms. The first-order chi connectivity index (χ1) is 13.4. The van der Waals surface area contributed by atoms with Crippen molar-refractivity contribution in [2.24, 2.45) is 0 Å². The average molecular weight is 440 g/mol. The smallest absolute Gasteiger partial charge is 0.262 e. The van der Waals surface area contributed by atoms with E-state index in [1.807, 2.05) is 0 Å².